The number of carbonyl (C=O) groups excluding carboxylic acids is 1. The van der Waals surface area contributed by atoms with Gasteiger partial charge in [0.1, 0.15) is 5.75 Å². The van der Waals surface area contributed by atoms with Gasteiger partial charge < -0.3 is 4.74 Å². The van der Waals surface area contributed by atoms with E-state index in [1.165, 1.54) is 0 Å². The summed E-state index contributed by atoms with van der Waals surface area (Å²) in [6.45, 7) is 0. The Bertz CT molecular complexity index is 820. The van der Waals surface area contributed by atoms with Gasteiger partial charge >= 0.3 is 36.0 Å². The summed E-state index contributed by atoms with van der Waals surface area (Å²) < 4.78 is 171. The summed E-state index contributed by atoms with van der Waals surface area (Å²) in [4.78, 5) is 10.8. The molecule has 1 rings (SSSR count). The van der Waals surface area contributed by atoms with E-state index in [1.807, 2.05) is 0 Å². The van der Waals surface area contributed by atoms with Gasteiger partial charge in [-0.25, -0.2) is 0 Å². The first-order valence-electron chi connectivity index (χ1n) is 6.69. The first-order chi connectivity index (χ1) is 13.0. The Hall–Kier alpha value is -1.64. The molecule has 0 aliphatic rings. The number of hydrogen-bond donors (Lipinski definition) is 0. The maximum Gasteiger partial charge on any atom is 0.471 e. The molecule has 0 amide bonds. The van der Waals surface area contributed by atoms with Crippen molar-refractivity contribution < 1.29 is 66.6 Å². The minimum Gasteiger partial charge on any atom is -0.426 e. The van der Waals surface area contributed by atoms with Crippen LogP contribution in [0.3, 0.4) is 0 Å². The Morgan fingerprint density at radius 2 is 1.17 bits per heavy atom. The summed E-state index contributed by atoms with van der Waals surface area (Å²) in [6.07, 6.45) is -14.3. The second-order valence-electron chi connectivity index (χ2n) is 5.33. The Kier molecular flexibility index (Phi) is 6.60. The van der Waals surface area contributed by atoms with E-state index in [2.05, 4.69) is 4.74 Å². The zero-order valence-electron chi connectivity index (χ0n) is 13.2. The third-order valence-corrected chi connectivity index (χ3v) is 3.82. The van der Waals surface area contributed by atoms with Crippen LogP contribution in [0.2, 0.25) is 5.02 Å². The monoisotopic (exact) mass is 508 g/mol. The molecule has 0 N–H and O–H groups in total. The van der Waals surface area contributed by atoms with Gasteiger partial charge in [0.15, 0.2) is 0 Å². The van der Waals surface area contributed by atoms with E-state index < -0.39 is 57.6 Å². The second-order valence-corrected chi connectivity index (χ2v) is 6.08. The predicted octanol–water partition coefficient (Wildman–Crippen LogP) is 6.79. The Morgan fingerprint density at radius 1 is 0.733 bits per heavy atom. The van der Waals surface area contributed by atoms with E-state index in [0.29, 0.717) is 12.1 Å². The van der Waals surface area contributed by atoms with E-state index in [-0.39, 0.29) is 6.07 Å². The van der Waals surface area contributed by atoms with Crippen molar-refractivity contribution in [1.29, 1.82) is 0 Å². The Morgan fingerprint density at radius 3 is 1.53 bits per heavy atom. The summed E-state index contributed by atoms with van der Waals surface area (Å²) in [5, 5.41) is -2.46. The molecule has 0 aliphatic heterocycles. The van der Waals surface area contributed by atoms with Crippen molar-refractivity contribution in [3.05, 3.63) is 28.8 Å². The SMILES string of the molecule is O=C(Cl)c1ccc(OC(F)(F)C(F)(F)C(F)(F)C(F)(F)C(F)(F)C(F)(F)F)c(Cl)c1. The van der Waals surface area contributed by atoms with Crippen molar-refractivity contribution >= 4 is 28.4 Å². The van der Waals surface area contributed by atoms with Crippen molar-refractivity contribution in [2.24, 2.45) is 0 Å². The van der Waals surface area contributed by atoms with Gasteiger partial charge in [0, 0.05) is 5.56 Å². The summed E-state index contributed by atoms with van der Waals surface area (Å²) in [6, 6.07) is 1.00. The number of ether oxygens (including phenoxy) is 1. The quantitative estimate of drug-likeness (QED) is 0.299. The van der Waals surface area contributed by atoms with E-state index in [0.717, 1.165) is 0 Å². The third kappa shape index (κ3) is 3.97. The van der Waals surface area contributed by atoms with Gasteiger partial charge in [0.2, 0.25) is 0 Å². The molecule has 0 radical (unpaired) electrons. The van der Waals surface area contributed by atoms with Gasteiger partial charge in [0.05, 0.1) is 5.02 Å². The topological polar surface area (TPSA) is 26.3 Å². The average Bonchev–Trinajstić information content (AvgIpc) is 2.54. The zero-order chi connectivity index (χ0) is 24.1. The molecule has 1 aromatic carbocycles. The highest BCUT2D eigenvalue weighted by Crippen LogP contribution is 2.60. The van der Waals surface area contributed by atoms with Crippen LogP contribution in [0.15, 0.2) is 18.2 Å². The number of halogens is 15. The average molecular weight is 509 g/mol. The molecule has 0 fully saturated rings. The molecule has 0 aromatic heterocycles. The molecule has 2 nitrogen and oxygen atoms in total. The fraction of sp³-hybridized carbons (Fsp3) is 0.462. The zero-order valence-corrected chi connectivity index (χ0v) is 14.7. The molecule has 172 valence electrons. The lowest BCUT2D eigenvalue weighted by Crippen LogP contribution is -2.70. The van der Waals surface area contributed by atoms with E-state index >= 15 is 0 Å². The van der Waals surface area contributed by atoms with Crippen LogP contribution < -0.4 is 4.74 Å². The third-order valence-electron chi connectivity index (χ3n) is 3.30. The van der Waals surface area contributed by atoms with Gasteiger partial charge in [-0.05, 0) is 29.8 Å². The van der Waals surface area contributed by atoms with Crippen LogP contribution in [0, 0.1) is 0 Å². The van der Waals surface area contributed by atoms with Gasteiger partial charge in [-0.2, -0.15) is 57.1 Å². The van der Waals surface area contributed by atoms with Crippen LogP contribution in [0.5, 0.6) is 5.75 Å². The first-order valence-corrected chi connectivity index (χ1v) is 7.44. The van der Waals surface area contributed by atoms with Crippen molar-refractivity contribution in [3.8, 4) is 5.75 Å². The van der Waals surface area contributed by atoms with Gasteiger partial charge in [-0.15, -0.1) is 0 Å². The van der Waals surface area contributed by atoms with E-state index in [9.17, 15) is 61.9 Å². The predicted molar refractivity (Wildman–Crippen MR) is 73.1 cm³/mol. The van der Waals surface area contributed by atoms with Gasteiger partial charge in [-0.3, -0.25) is 4.79 Å². The molecule has 0 spiro atoms. The second kappa shape index (κ2) is 7.50. The van der Waals surface area contributed by atoms with Crippen molar-refractivity contribution in [1.82, 2.24) is 0 Å². The van der Waals surface area contributed by atoms with E-state index in [4.69, 9.17) is 23.2 Å². The van der Waals surface area contributed by atoms with Crippen LogP contribution >= 0.6 is 23.2 Å². The molecule has 0 heterocycles. The maximum atomic E-state index is 13.6. The van der Waals surface area contributed by atoms with Crippen molar-refractivity contribution in [2.75, 3.05) is 0 Å². The fourth-order valence-electron chi connectivity index (χ4n) is 1.66. The van der Waals surface area contributed by atoms with E-state index in [1.54, 1.807) is 0 Å². The summed E-state index contributed by atoms with van der Waals surface area (Å²) in [7, 11) is 0. The number of hydrogen-bond acceptors (Lipinski definition) is 2. The lowest BCUT2D eigenvalue weighted by Gasteiger charge is -2.39. The molecule has 0 bridgehead atoms. The summed E-state index contributed by atoms with van der Waals surface area (Å²) in [5.41, 5.74) is -0.564. The number of carbonyl (C=O) groups is 1. The maximum absolute atomic E-state index is 13.6. The summed E-state index contributed by atoms with van der Waals surface area (Å²) in [5.74, 6) is -33.2. The molecular weight excluding hydrogens is 506 g/mol. The largest absolute Gasteiger partial charge is 0.471 e. The standard InChI is InChI=1S/C13H3Cl2F13O2/c14-5-3-4(7(15)29)1-2-6(5)30-13(27,28)11(22,23)9(18,19)8(16,17)10(20,21)12(24,25)26/h1-3H. The Balaban J connectivity index is 3.44. The highest BCUT2D eigenvalue weighted by molar-refractivity contribution is 6.67. The lowest BCUT2D eigenvalue weighted by atomic mass is 9.97. The number of benzene rings is 1. The van der Waals surface area contributed by atoms with Crippen LogP contribution in [-0.4, -0.2) is 41.2 Å². The molecule has 1 aromatic rings. The Labute approximate surface area is 166 Å². The fourth-order valence-corrected chi connectivity index (χ4v) is 2.00. The van der Waals surface area contributed by atoms with Crippen LogP contribution in [0.1, 0.15) is 10.4 Å². The molecule has 30 heavy (non-hydrogen) atoms. The number of alkyl halides is 13. The highest BCUT2D eigenvalue weighted by Gasteiger charge is 2.91. The minimum absolute atomic E-state index is 0.155. The van der Waals surface area contributed by atoms with Crippen LogP contribution in [-0.2, 0) is 0 Å². The summed E-state index contributed by atoms with van der Waals surface area (Å²) >= 11 is 10.2. The van der Waals surface area contributed by atoms with Crippen molar-refractivity contribution in [3.63, 3.8) is 0 Å². The van der Waals surface area contributed by atoms with Gasteiger partial charge in [0.25, 0.3) is 5.24 Å². The molecule has 17 heteroatoms. The lowest BCUT2D eigenvalue weighted by molar-refractivity contribution is -0.456. The highest BCUT2D eigenvalue weighted by atomic mass is 35.5. The molecule has 0 saturated heterocycles. The molecular formula is C13H3Cl2F13O2. The molecule has 0 saturated carbocycles. The number of rotatable bonds is 7. The normalized spacial score (nSPS) is 14.6. The smallest absolute Gasteiger partial charge is 0.426 e. The van der Waals surface area contributed by atoms with Crippen LogP contribution in [0.4, 0.5) is 57.1 Å². The van der Waals surface area contributed by atoms with Crippen molar-refractivity contribution in [2.45, 2.75) is 36.0 Å². The first kappa shape index (κ1) is 26.4. The van der Waals surface area contributed by atoms with Gasteiger partial charge in [-0.1, -0.05) is 11.6 Å². The molecule has 0 aliphatic carbocycles. The molecule has 0 atom stereocenters. The minimum atomic E-state index is -8.05. The van der Waals surface area contributed by atoms with Crippen LogP contribution in [0.25, 0.3) is 0 Å². The molecule has 0 unspecified atom stereocenters.